The van der Waals surface area contributed by atoms with Crippen LogP contribution in [0.4, 0.5) is 5.69 Å². The summed E-state index contributed by atoms with van der Waals surface area (Å²) in [6, 6.07) is 16.8. The smallest absolute Gasteiger partial charge is 0.255 e. The second-order valence-corrected chi connectivity index (χ2v) is 7.72. The maximum atomic E-state index is 12.6. The molecule has 0 fully saturated rings. The van der Waals surface area contributed by atoms with Crippen LogP contribution >= 0.6 is 0 Å². The van der Waals surface area contributed by atoms with Crippen LogP contribution in [0.5, 0.6) is 0 Å². The molecule has 0 saturated carbocycles. The summed E-state index contributed by atoms with van der Waals surface area (Å²) in [6.07, 6.45) is 3.39. The predicted octanol–water partition coefficient (Wildman–Crippen LogP) is 5.44. The van der Waals surface area contributed by atoms with Crippen LogP contribution in [0.25, 0.3) is 22.6 Å². The molecule has 0 aliphatic heterocycles. The minimum atomic E-state index is -0.159. The average molecular weight is 371 g/mol. The number of nitrogens with one attached hydrogen (secondary N) is 1. The Labute approximate surface area is 163 Å². The quantitative estimate of drug-likeness (QED) is 0.521. The molecule has 0 atom stereocenters. The van der Waals surface area contributed by atoms with E-state index in [0.717, 1.165) is 11.1 Å². The fraction of sp³-hybridized carbons (Fsp3) is 0.174. The Balaban J connectivity index is 1.55. The predicted molar refractivity (Wildman–Crippen MR) is 110 cm³/mol. The molecule has 0 bridgehead atoms. The van der Waals surface area contributed by atoms with E-state index >= 15 is 0 Å². The number of nitrogens with zero attached hydrogens (tertiary/aromatic N) is 2. The number of anilines is 1. The van der Waals surface area contributed by atoms with E-state index in [-0.39, 0.29) is 11.3 Å². The minimum absolute atomic E-state index is 0.0544. The van der Waals surface area contributed by atoms with Gasteiger partial charge in [-0.3, -0.25) is 9.78 Å². The lowest BCUT2D eigenvalue weighted by molar-refractivity contribution is 0.102. The zero-order valence-electron chi connectivity index (χ0n) is 16.1. The molecule has 0 aliphatic carbocycles. The van der Waals surface area contributed by atoms with Gasteiger partial charge < -0.3 is 9.73 Å². The molecular weight excluding hydrogens is 350 g/mol. The Morgan fingerprint density at radius 1 is 0.964 bits per heavy atom. The lowest BCUT2D eigenvalue weighted by Gasteiger charge is -2.19. The van der Waals surface area contributed by atoms with Gasteiger partial charge in [-0.15, -0.1) is 0 Å². The molecular formula is C23H21N3O2. The molecule has 2 heterocycles. The van der Waals surface area contributed by atoms with Crippen molar-refractivity contribution in [2.45, 2.75) is 26.2 Å². The molecule has 0 unspecified atom stereocenters. The van der Waals surface area contributed by atoms with Crippen molar-refractivity contribution < 1.29 is 9.21 Å². The molecule has 5 nitrogen and oxygen atoms in total. The van der Waals surface area contributed by atoms with Crippen LogP contribution < -0.4 is 5.32 Å². The maximum absolute atomic E-state index is 12.6. The monoisotopic (exact) mass is 371 g/mol. The molecule has 4 aromatic rings. The summed E-state index contributed by atoms with van der Waals surface area (Å²) in [6.45, 7) is 6.44. The van der Waals surface area contributed by atoms with Crippen molar-refractivity contribution in [1.82, 2.24) is 9.97 Å². The normalized spacial score (nSPS) is 11.5. The highest BCUT2D eigenvalue weighted by molar-refractivity contribution is 6.05. The number of fused-ring (bicyclic) bond motifs is 1. The van der Waals surface area contributed by atoms with Gasteiger partial charge in [0.1, 0.15) is 5.52 Å². The van der Waals surface area contributed by atoms with Gasteiger partial charge in [-0.05, 0) is 47.4 Å². The van der Waals surface area contributed by atoms with Gasteiger partial charge in [-0.2, -0.15) is 0 Å². The lowest BCUT2D eigenvalue weighted by atomic mass is 9.87. The Morgan fingerprint density at radius 2 is 1.68 bits per heavy atom. The number of pyridine rings is 1. The number of hydrogen-bond donors (Lipinski definition) is 1. The van der Waals surface area contributed by atoms with E-state index in [0.29, 0.717) is 22.7 Å². The zero-order chi connectivity index (χ0) is 19.7. The Hall–Kier alpha value is -3.47. The van der Waals surface area contributed by atoms with Crippen LogP contribution in [0.15, 0.2) is 71.4 Å². The van der Waals surface area contributed by atoms with Crippen LogP contribution in [0, 0.1) is 0 Å². The molecule has 5 heteroatoms. The number of aromatic nitrogens is 2. The maximum Gasteiger partial charge on any atom is 0.255 e. The Morgan fingerprint density at radius 3 is 2.36 bits per heavy atom. The molecule has 140 valence electrons. The second kappa shape index (κ2) is 6.93. The Kier molecular flexibility index (Phi) is 4.43. The fourth-order valence-corrected chi connectivity index (χ4v) is 2.95. The molecule has 0 saturated heterocycles. The summed E-state index contributed by atoms with van der Waals surface area (Å²) >= 11 is 0. The van der Waals surface area contributed by atoms with E-state index in [1.165, 1.54) is 5.56 Å². The first-order chi connectivity index (χ1) is 13.4. The summed E-state index contributed by atoms with van der Waals surface area (Å²) in [7, 11) is 0. The largest absolute Gasteiger partial charge is 0.436 e. The van der Waals surface area contributed by atoms with E-state index in [1.54, 1.807) is 18.5 Å². The van der Waals surface area contributed by atoms with Gasteiger partial charge >= 0.3 is 0 Å². The minimum Gasteiger partial charge on any atom is -0.436 e. The van der Waals surface area contributed by atoms with Crippen molar-refractivity contribution in [3.05, 3.63) is 78.1 Å². The first-order valence-corrected chi connectivity index (χ1v) is 9.13. The SMILES string of the molecule is CC(C)(C)c1ccc(C(=O)Nc2ccc3nc(-c4ccncc4)oc3c2)cc1. The molecule has 1 N–H and O–H groups in total. The molecule has 28 heavy (non-hydrogen) atoms. The van der Waals surface area contributed by atoms with E-state index in [2.05, 4.69) is 36.1 Å². The molecule has 2 aromatic heterocycles. The number of hydrogen-bond acceptors (Lipinski definition) is 4. The average Bonchev–Trinajstić information content (AvgIpc) is 3.11. The van der Waals surface area contributed by atoms with Gasteiger partial charge in [0.05, 0.1) is 0 Å². The fourth-order valence-electron chi connectivity index (χ4n) is 2.95. The van der Waals surface area contributed by atoms with Crippen LogP contribution in [0.1, 0.15) is 36.7 Å². The summed E-state index contributed by atoms with van der Waals surface area (Å²) in [5.74, 6) is 0.368. The third kappa shape index (κ3) is 3.64. The standard InChI is InChI=1S/C23H21N3O2/c1-23(2,3)17-6-4-15(5-7-17)21(27)25-18-8-9-19-20(14-18)28-22(26-19)16-10-12-24-13-11-16/h4-14H,1-3H3,(H,25,27). The number of carbonyl (C=O) groups excluding carboxylic acids is 1. The van der Waals surface area contributed by atoms with Crippen LogP contribution in [-0.4, -0.2) is 15.9 Å². The molecule has 0 aliphatic rings. The van der Waals surface area contributed by atoms with Crippen molar-refractivity contribution >= 4 is 22.7 Å². The third-order valence-corrected chi connectivity index (χ3v) is 4.59. The van der Waals surface area contributed by atoms with Gasteiger partial charge in [0.25, 0.3) is 5.91 Å². The summed E-state index contributed by atoms with van der Waals surface area (Å²) in [5.41, 5.74) is 4.73. The van der Waals surface area contributed by atoms with Gasteiger partial charge in [0.2, 0.25) is 5.89 Å². The first kappa shape index (κ1) is 17.9. The van der Waals surface area contributed by atoms with Crippen molar-refractivity contribution in [3.63, 3.8) is 0 Å². The molecule has 4 rings (SSSR count). The number of rotatable bonds is 3. The zero-order valence-corrected chi connectivity index (χ0v) is 16.1. The number of oxazole rings is 1. The van der Waals surface area contributed by atoms with Gasteiger partial charge in [-0.25, -0.2) is 4.98 Å². The van der Waals surface area contributed by atoms with E-state index in [9.17, 15) is 4.79 Å². The van der Waals surface area contributed by atoms with Crippen LogP contribution in [0.3, 0.4) is 0 Å². The highest BCUT2D eigenvalue weighted by Gasteiger charge is 2.15. The van der Waals surface area contributed by atoms with Gasteiger partial charge in [-0.1, -0.05) is 32.9 Å². The van der Waals surface area contributed by atoms with Gasteiger partial charge in [0, 0.05) is 35.3 Å². The van der Waals surface area contributed by atoms with Crippen molar-refractivity contribution in [2.24, 2.45) is 0 Å². The molecule has 0 radical (unpaired) electrons. The highest BCUT2D eigenvalue weighted by atomic mass is 16.3. The summed E-state index contributed by atoms with van der Waals surface area (Å²) < 4.78 is 5.85. The van der Waals surface area contributed by atoms with Crippen molar-refractivity contribution in [2.75, 3.05) is 5.32 Å². The number of amides is 1. The van der Waals surface area contributed by atoms with E-state index < -0.39 is 0 Å². The molecule has 2 aromatic carbocycles. The van der Waals surface area contributed by atoms with Gasteiger partial charge in [0.15, 0.2) is 5.58 Å². The van der Waals surface area contributed by atoms with E-state index in [4.69, 9.17) is 4.42 Å². The topological polar surface area (TPSA) is 68.0 Å². The first-order valence-electron chi connectivity index (χ1n) is 9.13. The lowest BCUT2D eigenvalue weighted by Crippen LogP contribution is -2.14. The van der Waals surface area contributed by atoms with Crippen molar-refractivity contribution in [1.29, 1.82) is 0 Å². The summed E-state index contributed by atoms with van der Waals surface area (Å²) in [4.78, 5) is 21.1. The van der Waals surface area contributed by atoms with Crippen molar-refractivity contribution in [3.8, 4) is 11.5 Å². The Bertz CT molecular complexity index is 1120. The van der Waals surface area contributed by atoms with E-state index in [1.807, 2.05) is 48.5 Å². The molecule has 1 amide bonds. The van der Waals surface area contributed by atoms with Crippen LogP contribution in [0.2, 0.25) is 0 Å². The number of carbonyl (C=O) groups is 1. The number of benzene rings is 2. The molecule has 0 spiro atoms. The van der Waals surface area contributed by atoms with Crippen LogP contribution in [-0.2, 0) is 5.41 Å². The highest BCUT2D eigenvalue weighted by Crippen LogP contribution is 2.26. The second-order valence-electron chi connectivity index (χ2n) is 7.72. The third-order valence-electron chi connectivity index (χ3n) is 4.59. The summed E-state index contributed by atoms with van der Waals surface area (Å²) in [5, 5.41) is 2.92.